The third kappa shape index (κ3) is 2.86. The van der Waals surface area contributed by atoms with Crippen molar-refractivity contribution in [3.63, 3.8) is 0 Å². The quantitative estimate of drug-likeness (QED) is 0.747. The van der Waals surface area contributed by atoms with Gasteiger partial charge in [0, 0.05) is 18.5 Å². The molecule has 1 unspecified atom stereocenters. The summed E-state index contributed by atoms with van der Waals surface area (Å²) in [6, 6.07) is 10.4. The minimum atomic E-state index is -0.0741. The van der Waals surface area contributed by atoms with Gasteiger partial charge >= 0.3 is 0 Å². The van der Waals surface area contributed by atoms with Crippen molar-refractivity contribution in [3.8, 4) is 0 Å². The van der Waals surface area contributed by atoms with Crippen molar-refractivity contribution >= 4 is 17.5 Å². The van der Waals surface area contributed by atoms with E-state index >= 15 is 0 Å². The minimum Gasteiger partial charge on any atom is -0.338 e. The number of hydrogen-bond acceptors (Lipinski definition) is 1. The summed E-state index contributed by atoms with van der Waals surface area (Å²) in [4.78, 5) is 14.5. The van der Waals surface area contributed by atoms with Crippen LogP contribution in [0.25, 0.3) is 0 Å². The van der Waals surface area contributed by atoms with E-state index in [4.69, 9.17) is 11.6 Å². The molecular formula is C15H20ClNO. The third-order valence-electron chi connectivity index (χ3n) is 3.79. The highest BCUT2D eigenvalue weighted by Gasteiger charge is 2.31. The number of hydrogen-bond donors (Lipinski definition) is 0. The predicted molar refractivity (Wildman–Crippen MR) is 74.9 cm³/mol. The molecule has 1 aromatic carbocycles. The standard InChI is InChI=1S/C15H20ClNO/c1-12(13-6-3-2-4-7-13)15(18)17(11-10-16)14-8-5-9-14/h2-4,6-7,12,14H,5,8-11H2,1H3. The van der Waals surface area contributed by atoms with Crippen LogP contribution in [0.5, 0.6) is 0 Å². The van der Waals surface area contributed by atoms with Gasteiger partial charge in [-0.2, -0.15) is 0 Å². The molecule has 1 atom stereocenters. The van der Waals surface area contributed by atoms with Crippen molar-refractivity contribution in [1.82, 2.24) is 4.90 Å². The Morgan fingerprint density at radius 3 is 2.56 bits per heavy atom. The Kier molecular flexibility index (Phi) is 4.65. The third-order valence-corrected chi connectivity index (χ3v) is 3.96. The zero-order chi connectivity index (χ0) is 13.0. The lowest BCUT2D eigenvalue weighted by Crippen LogP contribution is -2.46. The molecule has 1 aliphatic rings. The van der Waals surface area contributed by atoms with Crippen LogP contribution < -0.4 is 0 Å². The van der Waals surface area contributed by atoms with Crippen LogP contribution >= 0.6 is 11.6 Å². The van der Waals surface area contributed by atoms with Gasteiger partial charge in [-0.3, -0.25) is 4.79 Å². The molecule has 0 heterocycles. The zero-order valence-corrected chi connectivity index (χ0v) is 11.6. The predicted octanol–water partition coefficient (Wildman–Crippen LogP) is 3.41. The fraction of sp³-hybridized carbons (Fsp3) is 0.533. The second-order valence-corrected chi connectivity index (χ2v) is 5.32. The average Bonchev–Trinajstić information content (AvgIpc) is 2.35. The van der Waals surface area contributed by atoms with E-state index in [-0.39, 0.29) is 11.8 Å². The van der Waals surface area contributed by atoms with Gasteiger partial charge in [0.2, 0.25) is 5.91 Å². The second-order valence-electron chi connectivity index (χ2n) is 4.94. The van der Waals surface area contributed by atoms with Crippen LogP contribution in [0, 0.1) is 0 Å². The molecule has 0 N–H and O–H groups in total. The molecule has 18 heavy (non-hydrogen) atoms. The van der Waals surface area contributed by atoms with E-state index in [1.807, 2.05) is 42.2 Å². The van der Waals surface area contributed by atoms with Gasteiger partial charge < -0.3 is 4.90 Å². The first-order valence-corrected chi connectivity index (χ1v) is 7.19. The smallest absolute Gasteiger partial charge is 0.230 e. The lowest BCUT2D eigenvalue weighted by molar-refractivity contribution is -0.136. The van der Waals surface area contributed by atoms with Gasteiger partial charge in [-0.1, -0.05) is 30.3 Å². The summed E-state index contributed by atoms with van der Waals surface area (Å²) in [7, 11) is 0. The second kappa shape index (κ2) is 6.24. The van der Waals surface area contributed by atoms with Crippen molar-refractivity contribution in [2.75, 3.05) is 12.4 Å². The largest absolute Gasteiger partial charge is 0.338 e. The Labute approximate surface area is 114 Å². The molecule has 0 radical (unpaired) electrons. The maximum atomic E-state index is 12.5. The first-order valence-electron chi connectivity index (χ1n) is 6.65. The molecule has 0 saturated heterocycles. The van der Waals surface area contributed by atoms with E-state index < -0.39 is 0 Å². The SMILES string of the molecule is CC(C(=O)N(CCCl)C1CCC1)c1ccccc1. The van der Waals surface area contributed by atoms with Crippen molar-refractivity contribution < 1.29 is 4.79 Å². The molecule has 0 spiro atoms. The number of nitrogens with zero attached hydrogens (tertiary/aromatic N) is 1. The Bertz CT molecular complexity index is 389. The van der Waals surface area contributed by atoms with Crippen LogP contribution in [-0.2, 0) is 4.79 Å². The molecule has 1 saturated carbocycles. The van der Waals surface area contributed by atoms with Gasteiger partial charge in [-0.05, 0) is 31.7 Å². The Hall–Kier alpha value is -1.02. The maximum absolute atomic E-state index is 12.5. The highest BCUT2D eigenvalue weighted by atomic mass is 35.5. The normalized spacial score (nSPS) is 17.0. The average molecular weight is 266 g/mol. The van der Waals surface area contributed by atoms with Crippen LogP contribution in [0.4, 0.5) is 0 Å². The maximum Gasteiger partial charge on any atom is 0.230 e. The van der Waals surface area contributed by atoms with Crippen molar-refractivity contribution in [3.05, 3.63) is 35.9 Å². The molecule has 2 nitrogen and oxygen atoms in total. The molecule has 1 aliphatic carbocycles. The zero-order valence-electron chi connectivity index (χ0n) is 10.8. The van der Waals surface area contributed by atoms with Gasteiger partial charge in [-0.25, -0.2) is 0 Å². The number of amides is 1. The van der Waals surface area contributed by atoms with E-state index in [1.165, 1.54) is 6.42 Å². The molecule has 1 fully saturated rings. The van der Waals surface area contributed by atoms with E-state index in [1.54, 1.807) is 0 Å². The summed E-state index contributed by atoms with van der Waals surface area (Å²) in [5.74, 6) is 0.658. The molecule has 1 aromatic rings. The number of alkyl halides is 1. The van der Waals surface area contributed by atoms with E-state index in [2.05, 4.69) is 0 Å². The number of benzene rings is 1. The Morgan fingerprint density at radius 2 is 2.06 bits per heavy atom. The van der Waals surface area contributed by atoms with Crippen molar-refractivity contribution in [2.24, 2.45) is 0 Å². The van der Waals surface area contributed by atoms with Gasteiger partial charge in [0.1, 0.15) is 0 Å². The van der Waals surface area contributed by atoms with Gasteiger partial charge in [0.15, 0.2) is 0 Å². The van der Waals surface area contributed by atoms with Gasteiger partial charge in [0.05, 0.1) is 5.92 Å². The summed E-state index contributed by atoms with van der Waals surface area (Å²) in [6.07, 6.45) is 3.49. The Balaban J connectivity index is 2.07. The van der Waals surface area contributed by atoms with Crippen LogP contribution in [0.2, 0.25) is 0 Å². The van der Waals surface area contributed by atoms with Gasteiger partial charge in [-0.15, -0.1) is 11.6 Å². The van der Waals surface area contributed by atoms with E-state index in [9.17, 15) is 4.79 Å². The molecule has 0 bridgehead atoms. The van der Waals surface area contributed by atoms with E-state index in [0.717, 1.165) is 18.4 Å². The molecule has 0 aromatic heterocycles. The number of halogens is 1. The summed E-state index contributed by atoms with van der Waals surface area (Å²) in [6.45, 7) is 2.65. The summed E-state index contributed by atoms with van der Waals surface area (Å²) < 4.78 is 0. The van der Waals surface area contributed by atoms with Crippen LogP contribution in [0.1, 0.15) is 37.7 Å². The summed E-state index contributed by atoms with van der Waals surface area (Å²) in [5, 5.41) is 0. The number of carbonyl (C=O) groups is 1. The van der Waals surface area contributed by atoms with Crippen LogP contribution in [0.15, 0.2) is 30.3 Å². The molecular weight excluding hydrogens is 246 g/mol. The lowest BCUT2D eigenvalue weighted by Gasteiger charge is -2.38. The lowest BCUT2D eigenvalue weighted by atomic mass is 9.89. The van der Waals surface area contributed by atoms with E-state index in [0.29, 0.717) is 18.5 Å². The first kappa shape index (κ1) is 13.4. The minimum absolute atomic E-state index is 0.0741. The fourth-order valence-corrected chi connectivity index (χ4v) is 2.58. The fourth-order valence-electron chi connectivity index (χ4n) is 2.40. The highest BCUT2D eigenvalue weighted by Crippen LogP contribution is 2.28. The molecule has 0 aliphatic heterocycles. The Morgan fingerprint density at radius 1 is 1.39 bits per heavy atom. The highest BCUT2D eigenvalue weighted by molar-refractivity contribution is 6.18. The monoisotopic (exact) mass is 265 g/mol. The topological polar surface area (TPSA) is 20.3 Å². The molecule has 3 heteroatoms. The van der Waals surface area contributed by atoms with Crippen molar-refractivity contribution in [2.45, 2.75) is 38.1 Å². The number of carbonyl (C=O) groups excluding carboxylic acids is 1. The number of rotatable bonds is 5. The molecule has 1 amide bonds. The van der Waals surface area contributed by atoms with Gasteiger partial charge in [0.25, 0.3) is 0 Å². The molecule has 2 rings (SSSR count). The molecule has 98 valence electrons. The van der Waals surface area contributed by atoms with Crippen LogP contribution in [0.3, 0.4) is 0 Å². The van der Waals surface area contributed by atoms with Crippen LogP contribution in [-0.4, -0.2) is 29.3 Å². The summed E-state index contributed by atoms with van der Waals surface area (Å²) >= 11 is 5.82. The van der Waals surface area contributed by atoms with Crippen molar-refractivity contribution in [1.29, 1.82) is 0 Å². The first-order chi connectivity index (χ1) is 8.74. The summed E-state index contributed by atoms with van der Waals surface area (Å²) in [5.41, 5.74) is 1.08.